The topological polar surface area (TPSA) is 26.0 Å². The van der Waals surface area contributed by atoms with E-state index < -0.39 is 0 Å². The molecule has 0 atom stereocenters. The number of hydrogen-bond donors (Lipinski definition) is 1. The molecule has 0 aromatic heterocycles. The van der Waals surface area contributed by atoms with Crippen LogP contribution in [0.2, 0.25) is 0 Å². The lowest BCUT2D eigenvalue weighted by molar-refractivity contribution is 0.212. The van der Waals surface area contributed by atoms with E-state index in [1.54, 1.807) is 5.57 Å². The number of hydrogen-bond acceptors (Lipinski definition) is 1. The zero-order valence-corrected chi connectivity index (χ0v) is 9.55. The van der Waals surface area contributed by atoms with Crippen LogP contribution in [0.5, 0.6) is 0 Å². The minimum absolute atomic E-state index is 0.473. The molecule has 0 aromatic rings. The van der Waals surface area contributed by atoms with Gasteiger partial charge in [-0.3, -0.25) is 0 Å². The van der Waals surface area contributed by atoms with Gasteiger partial charge in [-0.25, -0.2) is 0 Å². The minimum atomic E-state index is 0.473. The summed E-state index contributed by atoms with van der Waals surface area (Å²) in [5.74, 6) is 0.866. The molecule has 2 rings (SSSR count). The van der Waals surface area contributed by atoms with Crippen LogP contribution in [0.15, 0.2) is 11.6 Å². The molecule has 2 saturated carbocycles. The van der Waals surface area contributed by atoms with Gasteiger partial charge < -0.3 is 5.73 Å². The van der Waals surface area contributed by atoms with Crippen LogP contribution in [0, 0.1) is 11.3 Å². The molecule has 80 valence electrons. The zero-order chi connectivity index (χ0) is 10.2. The van der Waals surface area contributed by atoms with Crippen LogP contribution in [0.4, 0.5) is 0 Å². The molecule has 2 fully saturated rings. The van der Waals surface area contributed by atoms with Gasteiger partial charge in [-0.15, -0.1) is 0 Å². The largest absolute Gasteiger partial charge is 0.327 e. The summed E-state index contributed by atoms with van der Waals surface area (Å²) in [7, 11) is 0. The molecule has 0 bridgehead atoms. The lowest BCUT2D eigenvalue weighted by Gasteiger charge is -2.35. The molecule has 0 aliphatic heterocycles. The van der Waals surface area contributed by atoms with Crippen LogP contribution < -0.4 is 5.73 Å². The van der Waals surface area contributed by atoms with Gasteiger partial charge >= 0.3 is 0 Å². The Morgan fingerprint density at radius 3 is 2.29 bits per heavy atom. The standard InChI is InChI=1S/C13H23N/c1-13(2)5-3-10(4-6-13)7-11-8-12(14)9-11/h7,10,12H,3-6,8-9,14H2,1-2H3. The van der Waals surface area contributed by atoms with Crippen molar-refractivity contribution in [3.8, 4) is 0 Å². The molecule has 0 unspecified atom stereocenters. The molecule has 2 aliphatic rings. The second kappa shape index (κ2) is 3.69. The molecule has 0 amide bonds. The highest BCUT2D eigenvalue weighted by atomic mass is 14.7. The maximum absolute atomic E-state index is 5.78. The van der Waals surface area contributed by atoms with E-state index in [0.717, 1.165) is 5.92 Å². The number of nitrogens with two attached hydrogens (primary N) is 1. The highest BCUT2D eigenvalue weighted by Gasteiger charge is 2.27. The van der Waals surface area contributed by atoms with Crippen molar-refractivity contribution in [2.75, 3.05) is 0 Å². The molecule has 2 N–H and O–H groups in total. The molecule has 0 spiro atoms. The summed E-state index contributed by atoms with van der Waals surface area (Å²) < 4.78 is 0. The van der Waals surface area contributed by atoms with Crippen molar-refractivity contribution in [1.82, 2.24) is 0 Å². The summed E-state index contributed by atoms with van der Waals surface area (Å²) in [6.45, 7) is 4.80. The van der Waals surface area contributed by atoms with Gasteiger partial charge in [0.05, 0.1) is 0 Å². The molecule has 0 saturated heterocycles. The Morgan fingerprint density at radius 1 is 1.21 bits per heavy atom. The summed E-state index contributed by atoms with van der Waals surface area (Å²) in [4.78, 5) is 0. The molecule has 1 heteroatoms. The fraction of sp³-hybridized carbons (Fsp3) is 0.846. The third-order valence-electron chi connectivity index (χ3n) is 3.90. The Bertz CT molecular complexity index is 222. The Balaban J connectivity index is 1.82. The Hall–Kier alpha value is -0.300. The average Bonchev–Trinajstić information content (AvgIpc) is 2.06. The fourth-order valence-corrected chi connectivity index (χ4v) is 2.67. The summed E-state index contributed by atoms with van der Waals surface area (Å²) in [6.07, 6.45) is 10.4. The Labute approximate surface area is 87.8 Å². The smallest absolute Gasteiger partial charge is 0.0113 e. The van der Waals surface area contributed by atoms with Crippen molar-refractivity contribution in [2.24, 2.45) is 17.1 Å². The van der Waals surface area contributed by atoms with Crippen molar-refractivity contribution < 1.29 is 0 Å². The molecular weight excluding hydrogens is 170 g/mol. The Morgan fingerprint density at radius 2 is 1.79 bits per heavy atom. The van der Waals surface area contributed by atoms with E-state index >= 15 is 0 Å². The van der Waals surface area contributed by atoms with Gasteiger partial charge in [-0.1, -0.05) is 25.5 Å². The van der Waals surface area contributed by atoms with Gasteiger partial charge in [-0.05, 0) is 49.9 Å². The van der Waals surface area contributed by atoms with E-state index in [-0.39, 0.29) is 0 Å². The van der Waals surface area contributed by atoms with Crippen molar-refractivity contribution in [3.05, 3.63) is 11.6 Å². The lowest BCUT2D eigenvalue weighted by atomic mass is 9.72. The van der Waals surface area contributed by atoms with Crippen molar-refractivity contribution in [2.45, 2.75) is 58.4 Å². The molecule has 1 nitrogen and oxygen atoms in total. The highest BCUT2D eigenvalue weighted by Crippen LogP contribution is 2.40. The predicted octanol–water partition coefficient (Wildman–Crippen LogP) is 3.25. The first kappa shape index (κ1) is 10.2. The fourth-order valence-electron chi connectivity index (χ4n) is 2.67. The van der Waals surface area contributed by atoms with E-state index in [2.05, 4.69) is 19.9 Å². The first-order valence-electron chi connectivity index (χ1n) is 6.00. The van der Waals surface area contributed by atoms with Crippen LogP contribution in [0.25, 0.3) is 0 Å². The van der Waals surface area contributed by atoms with Crippen molar-refractivity contribution in [1.29, 1.82) is 0 Å². The molecular formula is C13H23N. The van der Waals surface area contributed by atoms with E-state index in [9.17, 15) is 0 Å². The summed E-state index contributed by atoms with van der Waals surface area (Å²) >= 11 is 0. The van der Waals surface area contributed by atoms with E-state index in [1.807, 2.05) is 0 Å². The van der Waals surface area contributed by atoms with E-state index in [1.165, 1.54) is 38.5 Å². The molecule has 0 aromatic carbocycles. The maximum Gasteiger partial charge on any atom is 0.0113 e. The number of rotatable bonds is 1. The number of allylic oxidation sites excluding steroid dienone is 1. The van der Waals surface area contributed by atoms with E-state index in [0.29, 0.717) is 11.5 Å². The highest BCUT2D eigenvalue weighted by molar-refractivity contribution is 5.16. The first-order chi connectivity index (χ1) is 6.55. The van der Waals surface area contributed by atoms with Gasteiger partial charge in [0.1, 0.15) is 0 Å². The second-order valence-corrected chi connectivity index (χ2v) is 5.99. The van der Waals surface area contributed by atoms with Crippen molar-refractivity contribution >= 4 is 0 Å². The normalized spacial score (nSPS) is 32.5. The quantitative estimate of drug-likeness (QED) is 0.636. The Kier molecular flexibility index (Phi) is 2.70. The molecule has 2 aliphatic carbocycles. The SMILES string of the molecule is CC1(C)CCC(C=C2CC(N)C2)CC1. The van der Waals surface area contributed by atoms with Crippen LogP contribution in [-0.4, -0.2) is 6.04 Å². The van der Waals surface area contributed by atoms with Gasteiger partial charge in [0.2, 0.25) is 0 Å². The van der Waals surface area contributed by atoms with E-state index in [4.69, 9.17) is 5.73 Å². The monoisotopic (exact) mass is 193 g/mol. The van der Waals surface area contributed by atoms with Crippen LogP contribution >= 0.6 is 0 Å². The zero-order valence-electron chi connectivity index (χ0n) is 9.55. The van der Waals surface area contributed by atoms with Gasteiger partial charge in [-0.2, -0.15) is 0 Å². The van der Waals surface area contributed by atoms with Crippen LogP contribution in [0.1, 0.15) is 52.4 Å². The van der Waals surface area contributed by atoms with Gasteiger partial charge in [0.25, 0.3) is 0 Å². The van der Waals surface area contributed by atoms with Crippen LogP contribution in [-0.2, 0) is 0 Å². The predicted molar refractivity (Wildman–Crippen MR) is 61.0 cm³/mol. The first-order valence-corrected chi connectivity index (χ1v) is 6.00. The second-order valence-electron chi connectivity index (χ2n) is 5.99. The van der Waals surface area contributed by atoms with Crippen LogP contribution in [0.3, 0.4) is 0 Å². The maximum atomic E-state index is 5.78. The minimum Gasteiger partial charge on any atom is -0.327 e. The average molecular weight is 193 g/mol. The van der Waals surface area contributed by atoms with Gasteiger partial charge in [0, 0.05) is 6.04 Å². The lowest BCUT2D eigenvalue weighted by Crippen LogP contribution is -2.31. The van der Waals surface area contributed by atoms with Crippen molar-refractivity contribution in [3.63, 3.8) is 0 Å². The summed E-state index contributed by atoms with van der Waals surface area (Å²) in [5, 5.41) is 0. The van der Waals surface area contributed by atoms with Gasteiger partial charge in [0.15, 0.2) is 0 Å². The summed E-state index contributed by atoms with van der Waals surface area (Å²) in [5.41, 5.74) is 8.01. The molecule has 0 radical (unpaired) electrons. The summed E-state index contributed by atoms with van der Waals surface area (Å²) in [6, 6.07) is 0.473. The third kappa shape index (κ3) is 2.38. The third-order valence-corrected chi connectivity index (χ3v) is 3.90. The molecule has 0 heterocycles. The molecule has 14 heavy (non-hydrogen) atoms.